The highest BCUT2D eigenvalue weighted by atomic mass is 32.2. The van der Waals surface area contributed by atoms with Gasteiger partial charge in [0.25, 0.3) is 15.7 Å². The third-order valence-electron chi connectivity index (χ3n) is 4.01. The van der Waals surface area contributed by atoms with Gasteiger partial charge in [-0.25, -0.2) is 8.42 Å². The summed E-state index contributed by atoms with van der Waals surface area (Å²) >= 11 is 0. The van der Waals surface area contributed by atoms with Crippen LogP contribution in [0.2, 0.25) is 0 Å². The Morgan fingerprint density at radius 2 is 1.57 bits per heavy atom. The molecule has 7 nitrogen and oxygen atoms in total. The normalized spacial score (nSPS) is 11.0. The molecule has 0 amide bonds. The number of nitro benzene ring substituents is 1. The Kier molecular flexibility index (Phi) is 5.60. The van der Waals surface area contributed by atoms with E-state index in [0.29, 0.717) is 17.2 Å². The minimum atomic E-state index is -3.94. The lowest BCUT2D eigenvalue weighted by Crippen LogP contribution is -2.30. The van der Waals surface area contributed by atoms with Crippen LogP contribution in [0.4, 0.5) is 11.4 Å². The van der Waals surface area contributed by atoms with E-state index in [4.69, 9.17) is 4.74 Å². The molecule has 0 radical (unpaired) electrons. The van der Waals surface area contributed by atoms with Crippen LogP contribution in [0.1, 0.15) is 6.92 Å². The lowest BCUT2D eigenvalue weighted by atomic mass is 10.3. The zero-order valence-corrected chi connectivity index (χ0v) is 15.9. The first-order chi connectivity index (χ1) is 13.4. The molecule has 0 saturated carbocycles. The standard InChI is InChI=1S/C20H18N2O5S/c1-2-21(28(25,26)20-10-6-7-17(15-20)22(23)24)16-11-13-19(14-12-16)27-18-8-4-3-5-9-18/h3-15H,2H2,1H3. The van der Waals surface area contributed by atoms with Crippen LogP contribution in [0.25, 0.3) is 0 Å². The maximum Gasteiger partial charge on any atom is 0.270 e. The molecule has 0 atom stereocenters. The fourth-order valence-electron chi connectivity index (χ4n) is 2.68. The van der Waals surface area contributed by atoms with Gasteiger partial charge in [0, 0.05) is 18.7 Å². The summed E-state index contributed by atoms with van der Waals surface area (Å²) in [6, 6.07) is 20.9. The number of sulfonamides is 1. The van der Waals surface area contributed by atoms with E-state index in [-0.39, 0.29) is 17.1 Å². The van der Waals surface area contributed by atoms with Gasteiger partial charge >= 0.3 is 0 Å². The minimum Gasteiger partial charge on any atom is -0.457 e. The fraction of sp³-hybridized carbons (Fsp3) is 0.100. The van der Waals surface area contributed by atoms with E-state index in [2.05, 4.69) is 0 Å². The summed E-state index contributed by atoms with van der Waals surface area (Å²) in [4.78, 5) is 10.2. The highest BCUT2D eigenvalue weighted by molar-refractivity contribution is 7.92. The molecule has 0 aromatic heterocycles. The highest BCUT2D eigenvalue weighted by Gasteiger charge is 2.25. The van der Waals surface area contributed by atoms with E-state index in [1.165, 1.54) is 22.5 Å². The molecule has 28 heavy (non-hydrogen) atoms. The van der Waals surface area contributed by atoms with E-state index in [9.17, 15) is 18.5 Å². The molecule has 3 rings (SSSR count). The largest absolute Gasteiger partial charge is 0.457 e. The molecular formula is C20H18N2O5S. The number of nitrogens with zero attached hydrogens (tertiary/aromatic N) is 2. The van der Waals surface area contributed by atoms with Crippen molar-refractivity contribution in [2.45, 2.75) is 11.8 Å². The fourth-order valence-corrected chi connectivity index (χ4v) is 4.20. The van der Waals surface area contributed by atoms with Gasteiger partial charge in [-0.15, -0.1) is 0 Å². The molecule has 0 bridgehead atoms. The van der Waals surface area contributed by atoms with Gasteiger partial charge in [-0.2, -0.15) is 0 Å². The van der Waals surface area contributed by atoms with E-state index in [1.54, 1.807) is 31.2 Å². The Morgan fingerprint density at radius 1 is 0.929 bits per heavy atom. The molecule has 0 spiro atoms. The molecule has 8 heteroatoms. The molecule has 0 aliphatic heterocycles. The first-order valence-corrected chi connectivity index (χ1v) is 9.96. The number of benzene rings is 3. The molecule has 3 aromatic rings. The Balaban J connectivity index is 1.88. The van der Waals surface area contributed by atoms with Crippen molar-refractivity contribution in [1.29, 1.82) is 0 Å². The molecule has 0 fully saturated rings. The van der Waals surface area contributed by atoms with Crippen LogP contribution in [0.5, 0.6) is 11.5 Å². The molecular weight excluding hydrogens is 380 g/mol. The molecule has 0 aliphatic carbocycles. The highest BCUT2D eigenvalue weighted by Crippen LogP contribution is 2.28. The summed E-state index contributed by atoms with van der Waals surface area (Å²) in [5.74, 6) is 1.24. The predicted molar refractivity (Wildman–Crippen MR) is 106 cm³/mol. The second-order valence-corrected chi connectivity index (χ2v) is 7.70. The summed E-state index contributed by atoms with van der Waals surface area (Å²) in [7, 11) is -3.94. The van der Waals surface area contributed by atoms with Crippen molar-refractivity contribution in [3.63, 3.8) is 0 Å². The summed E-state index contributed by atoms with van der Waals surface area (Å²) < 4.78 is 32.9. The Hall–Kier alpha value is -3.39. The topological polar surface area (TPSA) is 89.8 Å². The first kappa shape index (κ1) is 19.4. The molecule has 0 heterocycles. The molecule has 0 aliphatic rings. The average Bonchev–Trinajstić information content (AvgIpc) is 2.70. The smallest absolute Gasteiger partial charge is 0.270 e. The zero-order valence-electron chi connectivity index (χ0n) is 15.1. The van der Waals surface area contributed by atoms with Crippen LogP contribution in [0.3, 0.4) is 0 Å². The van der Waals surface area contributed by atoms with Gasteiger partial charge in [0.15, 0.2) is 0 Å². The Labute approximate surface area is 163 Å². The molecule has 3 aromatic carbocycles. The zero-order chi connectivity index (χ0) is 20.1. The SMILES string of the molecule is CCN(c1ccc(Oc2ccccc2)cc1)S(=O)(=O)c1cccc([N+](=O)[O-])c1. The van der Waals surface area contributed by atoms with Crippen molar-refractivity contribution >= 4 is 21.4 Å². The van der Waals surface area contributed by atoms with Crippen LogP contribution in [0.15, 0.2) is 83.8 Å². The third kappa shape index (κ3) is 4.12. The lowest BCUT2D eigenvalue weighted by Gasteiger charge is -2.23. The second kappa shape index (κ2) is 8.10. The average molecular weight is 398 g/mol. The van der Waals surface area contributed by atoms with Crippen LogP contribution in [-0.2, 0) is 10.0 Å². The van der Waals surface area contributed by atoms with E-state index < -0.39 is 14.9 Å². The maximum absolute atomic E-state index is 13.0. The summed E-state index contributed by atoms with van der Waals surface area (Å²) in [5.41, 5.74) is 0.165. The van der Waals surface area contributed by atoms with Gasteiger partial charge < -0.3 is 4.74 Å². The van der Waals surface area contributed by atoms with Crippen molar-refractivity contribution in [2.24, 2.45) is 0 Å². The molecule has 144 valence electrons. The second-order valence-electron chi connectivity index (χ2n) is 5.83. The molecule has 0 unspecified atom stereocenters. The number of non-ortho nitro benzene ring substituents is 1. The van der Waals surface area contributed by atoms with Crippen molar-refractivity contribution in [2.75, 3.05) is 10.8 Å². The summed E-state index contributed by atoms with van der Waals surface area (Å²) in [5, 5.41) is 11.0. The van der Waals surface area contributed by atoms with E-state index in [1.807, 2.05) is 30.3 Å². The quantitative estimate of drug-likeness (QED) is 0.428. The number of nitro groups is 1. The van der Waals surface area contributed by atoms with Gasteiger partial charge in [-0.1, -0.05) is 24.3 Å². The van der Waals surface area contributed by atoms with Gasteiger partial charge in [-0.05, 0) is 49.4 Å². The van der Waals surface area contributed by atoms with Crippen molar-refractivity contribution in [1.82, 2.24) is 0 Å². The number of rotatable bonds is 7. The van der Waals surface area contributed by atoms with Crippen molar-refractivity contribution < 1.29 is 18.1 Å². The Bertz CT molecular complexity index is 1070. The third-order valence-corrected chi connectivity index (χ3v) is 5.91. The lowest BCUT2D eigenvalue weighted by molar-refractivity contribution is -0.385. The maximum atomic E-state index is 13.0. The number of hydrogen-bond donors (Lipinski definition) is 0. The number of anilines is 1. The van der Waals surface area contributed by atoms with Crippen LogP contribution in [0, 0.1) is 10.1 Å². The number of ether oxygens (including phenoxy) is 1. The van der Waals surface area contributed by atoms with Gasteiger partial charge in [0.2, 0.25) is 0 Å². The van der Waals surface area contributed by atoms with Crippen molar-refractivity contribution in [3.8, 4) is 11.5 Å². The van der Waals surface area contributed by atoms with Crippen molar-refractivity contribution in [3.05, 3.63) is 89.0 Å². The molecule has 0 N–H and O–H groups in total. The van der Waals surface area contributed by atoms with E-state index in [0.717, 1.165) is 6.07 Å². The monoisotopic (exact) mass is 398 g/mol. The van der Waals surface area contributed by atoms with E-state index >= 15 is 0 Å². The van der Waals surface area contributed by atoms with Crippen LogP contribution < -0.4 is 9.04 Å². The van der Waals surface area contributed by atoms with Gasteiger partial charge in [-0.3, -0.25) is 14.4 Å². The summed E-state index contributed by atoms with van der Waals surface area (Å²) in [6.07, 6.45) is 0. The Morgan fingerprint density at radius 3 is 2.18 bits per heavy atom. The number of hydrogen-bond acceptors (Lipinski definition) is 5. The van der Waals surface area contributed by atoms with Gasteiger partial charge in [0.05, 0.1) is 15.5 Å². The van der Waals surface area contributed by atoms with Crippen LogP contribution in [-0.4, -0.2) is 19.9 Å². The minimum absolute atomic E-state index is 0.131. The van der Waals surface area contributed by atoms with Gasteiger partial charge in [0.1, 0.15) is 11.5 Å². The summed E-state index contributed by atoms with van der Waals surface area (Å²) in [6.45, 7) is 1.87. The van der Waals surface area contributed by atoms with Crippen LogP contribution >= 0.6 is 0 Å². The molecule has 0 saturated heterocycles. The number of para-hydroxylation sites is 1. The first-order valence-electron chi connectivity index (χ1n) is 8.52. The predicted octanol–water partition coefficient (Wildman–Crippen LogP) is 4.60.